The highest BCUT2D eigenvalue weighted by Crippen LogP contribution is 2.27. The molecule has 1 aromatic rings. The first-order valence-electron chi connectivity index (χ1n) is 12.4. The van der Waals surface area contributed by atoms with Crippen LogP contribution in [0.5, 0.6) is 0 Å². The molecular weight excluding hydrogens is 422 g/mol. The number of nitro groups is 1. The summed E-state index contributed by atoms with van der Waals surface area (Å²) < 4.78 is 5.37. The van der Waals surface area contributed by atoms with Gasteiger partial charge in [-0.1, -0.05) is 58.3 Å². The highest BCUT2D eigenvalue weighted by Gasteiger charge is 2.22. The Hall–Kier alpha value is -2.64. The fourth-order valence-corrected chi connectivity index (χ4v) is 4.15. The van der Waals surface area contributed by atoms with Crippen molar-refractivity contribution in [2.75, 3.05) is 31.1 Å². The number of ether oxygens (including phenoxy) is 1. The number of rotatable bonds is 14. The lowest BCUT2D eigenvalue weighted by Gasteiger charge is -2.35. The first kappa shape index (κ1) is 26.6. The van der Waals surface area contributed by atoms with Gasteiger partial charge in [-0.2, -0.15) is 0 Å². The van der Waals surface area contributed by atoms with Gasteiger partial charge in [0.15, 0.2) is 0 Å². The van der Waals surface area contributed by atoms with E-state index in [9.17, 15) is 19.7 Å². The second-order valence-corrected chi connectivity index (χ2v) is 8.80. The summed E-state index contributed by atoms with van der Waals surface area (Å²) in [6.07, 6.45) is 10.9. The van der Waals surface area contributed by atoms with Gasteiger partial charge in [-0.15, -0.1) is 0 Å². The molecule has 33 heavy (non-hydrogen) atoms. The standard InChI is InChI=1S/C25H39N3O5/c1-3-4-5-6-7-8-9-10-11-12-25(30)33-20-22-19-23(13-14-24(22)28(31)32)27-17-15-26(16-18-27)21(2)29/h13-14,19H,3-12,15-18,20H2,1-2H3. The van der Waals surface area contributed by atoms with Crippen molar-refractivity contribution in [3.63, 3.8) is 0 Å². The van der Waals surface area contributed by atoms with Crippen LogP contribution in [-0.4, -0.2) is 47.9 Å². The van der Waals surface area contributed by atoms with Gasteiger partial charge in [0, 0.05) is 51.3 Å². The lowest BCUT2D eigenvalue weighted by atomic mass is 10.1. The average molecular weight is 462 g/mol. The van der Waals surface area contributed by atoms with Crippen LogP contribution < -0.4 is 4.90 Å². The Labute approximate surface area is 197 Å². The third-order valence-corrected chi connectivity index (χ3v) is 6.22. The van der Waals surface area contributed by atoms with Crippen LogP contribution in [-0.2, 0) is 20.9 Å². The molecule has 0 aliphatic carbocycles. The molecule has 8 nitrogen and oxygen atoms in total. The predicted molar refractivity (Wildman–Crippen MR) is 129 cm³/mol. The number of carbonyl (C=O) groups is 2. The van der Waals surface area contributed by atoms with Crippen LogP contribution in [0.4, 0.5) is 11.4 Å². The molecule has 8 heteroatoms. The lowest BCUT2D eigenvalue weighted by molar-refractivity contribution is -0.385. The van der Waals surface area contributed by atoms with Gasteiger partial charge >= 0.3 is 5.97 Å². The van der Waals surface area contributed by atoms with E-state index in [1.165, 1.54) is 44.6 Å². The van der Waals surface area contributed by atoms with Gasteiger partial charge < -0.3 is 14.5 Å². The number of benzene rings is 1. The topological polar surface area (TPSA) is 93.0 Å². The molecule has 0 atom stereocenters. The first-order chi connectivity index (χ1) is 15.9. The van der Waals surface area contributed by atoms with Crippen LogP contribution in [0.1, 0.15) is 83.6 Å². The number of amides is 1. The molecule has 0 N–H and O–H groups in total. The van der Waals surface area contributed by atoms with Gasteiger partial charge in [-0.05, 0) is 18.6 Å². The third-order valence-electron chi connectivity index (χ3n) is 6.22. The highest BCUT2D eigenvalue weighted by atomic mass is 16.6. The van der Waals surface area contributed by atoms with Crippen molar-refractivity contribution in [2.45, 2.75) is 84.7 Å². The Bertz CT molecular complexity index is 775. The smallest absolute Gasteiger partial charge is 0.306 e. The minimum Gasteiger partial charge on any atom is -0.461 e. The van der Waals surface area contributed by atoms with Crippen molar-refractivity contribution >= 4 is 23.3 Å². The van der Waals surface area contributed by atoms with Crippen LogP contribution in [0, 0.1) is 10.1 Å². The molecule has 1 aliphatic rings. The number of nitrogens with zero attached hydrogens (tertiary/aromatic N) is 3. The summed E-state index contributed by atoms with van der Waals surface area (Å²) in [6, 6.07) is 4.92. The van der Waals surface area contributed by atoms with Crippen molar-refractivity contribution < 1.29 is 19.2 Å². The Balaban J connectivity index is 1.78. The summed E-state index contributed by atoms with van der Waals surface area (Å²) in [5.41, 5.74) is 1.19. The second-order valence-electron chi connectivity index (χ2n) is 8.80. The molecule has 0 bridgehead atoms. The Kier molecular flexibility index (Phi) is 11.7. The van der Waals surface area contributed by atoms with Crippen molar-refractivity contribution in [2.24, 2.45) is 0 Å². The van der Waals surface area contributed by atoms with E-state index in [1.54, 1.807) is 24.0 Å². The molecule has 0 saturated carbocycles. The van der Waals surface area contributed by atoms with E-state index in [2.05, 4.69) is 11.8 Å². The van der Waals surface area contributed by atoms with Gasteiger partial charge in [0.2, 0.25) is 5.91 Å². The zero-order valence-electron chi connectivity index (χ0n) is 20.2. The summed E-state index contributed by atoms with van der Waals surface area (Å²) in [5, 5.41) is 11.4. The molecule has 2 rings (SSSR count). The van der Waals surface area contributed by atoms with E-state index in [0.29, 0.717) is 38.2 Å². The van der Waals surface area contributed by atoms with Crippen LogP contribution in [0.15, 0.2) is 18.2 Å². The number of hydrogen-bond donors (Lipinski definition) is 0. The summed E-state index contributed by atoms with van der Waals surface area (Å²) in [4.78, 5) is 38.5. The van der Waals surface area contributed by atoms with Gasteiger partial charge in [0.25, 0.3) is 5.69 Å². The van der Waals surface area contributed by atoms with Crippen molar-refractivity contribution in [1.82, 2.24) is 4.90 Å². The molecule has 1 heterocycles. The molecule has 1 saturated heterocycles. The van der Waals surface area contributed by atoms with E-state index in [1.807, 2.05) is 0 Å². The molecule has 0 aromatic heterocycles. The van der Waals surface area contributed by atoms with Crippen molar-refractivity contribution in [3.05, 3.63) is 33.9 Å². The summed E-state index contributed by atoms with van der Waals surface area (Å²) in [5.74, 6) is -0.259. The van der Waals surface area contributed by atoms with E-state index >= 15 is 0 Å². The molecule has 1 aromatic carbocycles. The maximum absolute atomic E-state index is 12.2. The molecule has 1 fully saturated rings. The molecule has 184 valence electrons. The molecular formula is C25H39N3O5. The largest absolute Gasteiger partial charge is 0.461 e. The van der Waals surface area contributed by atoms with E-state index in [4.69, 9.17) is 4.74 Å². The van der Waals surface area contributed by atoms with Crippen molar-refractivity contribution in [3.8, 4) is 0 Å². The van der Waals surface area contributed by atoms with Gasteiger partial charge in [0.1, 0.15) is 6.61 Å². The molecule has 0 spiro atoms. The molecule has 1 aliphatic heterocycles. The van der Waals surface area contributed by atoms with E-state index in [0.717, 1.165) is 24.9 Å². The summed E-state index contributed by atoms with van der Waals surface area (Å²) >= 11 is 0. The van der Waals surface area contributed by atoms with E-state index in [-0.39, 0.29) is 24.2 Å². The maximum atomic E-state index is 12.2. The Morgan fingerprint density at radius 1 is 0.970 bits per heavy atom. The number of nitro benzene ring substituents is 1. The normalized spacial score (nSPS) is 13.8. The van der Waals surface area contributed by atoms with Crippen molar-refractivity contribution in [1.29, 1.82) is 0 Å². The first-order valence-corrected chi connectivity index (χ1v) is 12.4. The molecule has 0 radical (unpaired) electrons. The quantitative estimate of drug-likeness (QED) is 0.163. The minimum atomic E-state index is -0.443. The van der Waals surface area contributed by atoms with Gasteiger partial charge in [-0.3, -0.25) is 19.7 Å². The Morgan fingerprint density at radius 2 is 1.58 bits per heavy atom. The fraction of sp³-hybridized carbons (Fsp3) is 0.680. The number of piperazine rings is 1. The molecule has 1 amide bonds. The zero-order chi connectivity index (χ0) is 24.1. The van der Waals surface area contributed by atoms with E-state index < -0.39 is 4.92 Å². The minimum absolute atomic E-state index is 0.0444. The third kappa shape index (κ3) is 9.40. The SMILES string of the molecule is CCCCCCCCCCCC(=O)OCc1cc(N2CCN(C(C)=O)CC2)ccc1[N+](=O)[O-]. The number of hydrogen-bond acceptors (Lipinski definition) is 6. The molecule has 0 unspecified atom stereocenters. The maximum Gasteiger partial charge on any atom is 0.306 e. The monoisotopic (exact) mass is 461 g/mol. The Morgan fingerprint density at radius 3 is 2.15 bits per heavy atom. The van der Waals surface area contributed by atoms with Crippen LogP contribution in [0.25, 0.3) is 0 Å². The van der Waals surface area contributed by atoms with Crippen LogP contribution >= 0.6 is 0 Å². The summed E-state index contributed by atoms with van der Waals surface area (Å²) in [6.45, 7) is 6.23. The lowest BCUT2D eigenvalue weighted by Crippen LogP contribution is -2.48. The average Bonchev–Trinajstić information content (AvgIpc) is 2.81. The number of esters is 1. The number of unbranched alkanes of at least 4 members (excludes halogenated alkanes) is 8. The highest BCUT2D eigenvalue weighted by molar-refractivity contribution is 5.73. The fourth-order valence-electron chi connectivity index (χ4n) is 4.15. The second kappa shape index (κ2) is 14.5. The zero-order valence-corrected chi connectivity index (χ0v) is 20.2. The number of anilines is 1. The van der Waals surface area contributed by atoms with Gasteiger partial charge in [-0.25, -0.2) is 0 Å². The van der Waals surface area contributed by atoms with Gasteiger partial charge in [0.05, 0.1) is 10.5 Å². The number of carbonyl (C=O) groups excluding carboxylic acids is 2. The van der Waals surface area contributed by atoms with Crippen LogP contribution in [0.2, 0.25) is 0 Å². The van der Waals surface area contributed by atoms with Crippen LogP contribution in [0.3, 0.4) is 0 Å². The predicted octanol–water partition coefficient (Wildman–Crippen LogP) is 5.23. The summed E-state index contributed by atoms with van der Waals surface area (Å²) in [7, 11) is 0.